The molecule has 4 aromatic heterocycles. The van der Waals surface area contributed by atoms with Crippen LogP contribution in [0, 0.1) is 55.4 Å². The first-order valence-corrected chi connectivity index (χ1v) is 13.9. The van der Waals surface area contributed by atoms with E-state index in [1.807, 2.05) is 96.1 Å². The van der Waals surface area contributed by atoms with Crippen LogP contribution in [0.3, 0.4) is 0 Å². The number of aryl methyl sites for hydroxylation is 8. The van der Waals surface area contributed by atoms with Gasteiger partial charge in [0.05, 0.1) is 13.3 Å². The van der Waals surface area contributed by atoms with Gasteiger partial charge in [-0.15, -0.1) is 0 Å². The number of hydrogen-bond donors (Lipinski definition) is 0. The second-order valence-corrected chi connectivity index (χ2v) is 10.2. The van der Waals surface area contributed by atoms with E-state index in [0.717, 1.165) is 17.6 Å². The average Bonchev–Trinajstić information content (AvgIpc) is 2.89. The zero-order valence-electron chi connectivity index (χ0n) is 27.3. The SMILES string of the molecule is CCN(CN(CN(C)c1nc(C)nc(C)n1)c1nc(C)nc(C)n1)c1nc(C)nc(C)n1.Cc1nc(C)nc(N(C)C)n1. The predicted molar refractivity (Wildman–Crippen MR) is 165 cm³/mol. The number of aromatic nitrogens is 12. The highest BCUT2D eigenvalue weighted by Gasteiger charge is 2.20. The van der Waals surface area contributed by atoms with Crippen molar-refractivity contribution in [1.29, 1.82) is 0 Å². The maximum atomic E-state index is 4.58. The van der Waals surface area contributed by atoms with Crippen LogP contribution in [0.15, 0.2) is 0 Å². The lowest BCUT2D eigenvalue weighted by Gasteiger charge is -2.33. The van der Waals surface area contributed by atoms with Crippen LogP contribution in [0.5, 0.6) is 0 Å². The van der Waals surface area contributed by atoms with Crippen LogP contribution >= 0.6 is 0 Å². The quantitative estimate of drug-likeness (QED) is 0.259. The largest absolute Gasteiger partial charge is 0.347 e. The second-order valence-electron chi connectivity index (χ2n) is 10.2. The molecule has 230 valence electrons. The minimum atomic E-state index is 0.436. The van der Waals surface area contributed by atoms with Crippen LogP contribution in [-0.2, 0) is 0 Å². The van der Waals surface area contributed by atoms with Crippen LogP contribution < -0.4 is 19.6 Å². The first-order chi connectivity index (χ1) is 20.2. The normalized spacial score (nSPS) is 10.6. The maximum Gasteiger partial charge on any atom is 0.231 e. The highest BCUT2D eigenvalue weighted by atomic mass is 15.5. The molecule has 0 spiro atoms. The number of hydrogen-bond acceptors (Lipinski definition) is 16. The molecule has 0 unspecified atom stereocenters. The third-order valence-electron chi connectivity index (χ3n) is 5.80. The van der Waals surface area contributed by atoms with Crippen molar-refractivity contribution in [2.75, 3.05) is 60.6 Å². The Morgan fingerprint density at radius 3 is 1.00 bits per heavy atom. The first kappa shape index (κ1) is 32.8. The molecule has 0 aliphatic heterocycles. The Bertz CT molecular complexity index is 1440. The molecular formula is C27H42N16. The van der Waals surface area contributed by atoms with Gasteiger partial charge in [0.2, 0.25) is 23.8 Å². The summed E-state index contributed by atoms with van der Waals surface area (Å²) in [6, 6.07) is 0. The summed E-state index contributed by atoms with van der Waals surface area (Å²) in [4.78, 5) is 60.2. The summed E-state index contributed by atoms with van der Waals surface area (Å²) in [5.74, 6) is 8.01. The fraction of sp³-hybridized carbons (Fsp3) is 0.556. The Morgan fingerprint density at radius 2 is 0.674 bits per heavy atom. The minimum Gasteiger partial charge on any atom is -0.347 e. The molecule has 0 saturated heterocycles. The van der Waals surface area contributed by atoms with E-state index in [2.05, 4.69) is 66.7 Å². The molecule has 0 aliphatic carbocycles. The maximum absolute atomic E-state index is 4.58. The molecule has 4 heterocycles. The summed E-state index contributed by atoms with van der Waals surface area (Å²) < 4.78 is 0. The van der Waals surface area contributed by atoms with Gasteiger partial charge in [-0.2, -0.15) is 39.9 Å². The van der Waals surface area contributed by atoms with Crippen LogP contribution in [0.25, 0.3) is 0 Å². The van der Waals surface area contributed by atoms with Crippen molar-refractivity contribution in [3.05, 3.63) is 46.6 Å². The third kappa shape index (κ3) is 9.65. The molecule has 4 aromatic rings. The Labute approximate surface area is 253 Å². The smallest absolute Gasteiger partial charge is 0.231 e. The molecule has 0 N–H and O–H groups in total. The lowest BCUT2D eigenvalue weighted by molar-refractivity contribution is 0.668. The number of rotatable bonds is 9. The molecule has 0 radical (unpaired) electrons. The van der Waals surface area contributed by atoms with Crippen molar-refractivity contribution >= 4 is 23.8 Å². The molecule has 0 aromatic carbocycles. The zero-order valence-corrected chi connectivity index (χ0v) is 27.3. The van der Waals surface area contributed by atoms with Gasteiger partial charge in [0.1, 0.15) is 46.6 Å². The van der Waals surface area contributed by atoms with E-state index in [1.165, 1.54) is 0 Å². The van der Waals surface area contributed by atoms with Crippen LogP contribution in [0.4, 0.5) is 23.8 Å². The van der Waals surface area contributed by atoms with Gasteiger partial charge in [-0.1, -0.05) is 0 Å². The summed E-state index contributed by atoms with van der Waals surface area (Å²) in [6.07, 6.45) is 0. The number of nitrogens with zero attached hydrogens (tertiary/aromatic N) is 16. The highest BCUT2D eigenvalue weighted by molar-refractivity contribution is 5.40. The molecule has 16 nitrogen and oxygen atoms in total. The lowest BCUT2D eigenvalue weighted by atomic mass is 10.5. The molecule has 0 amide bonds. The molecule has 0 fully saturated rings. The highest BCUT2D eigenvalue weighted by Crippen LogP contribution is 2.16. The summed E-state index contributed by atoms with van der Waals surface area (Å²) in [5.41, 5.74) is 0. The van der Waals surface area contributed by atoms with Gasteiger partial charge in [0, 0.05) is 27.7 Å². The molecule has 4 rings (SSSR count). The van der Waals surface area contributed by atoms with E-state index in [9.17, 15) is 0 Å². The second kappa shape index (κ2) is 14.4. The topological polar surface area (TPSA) is 168 Å². The van der Waals surface area contributed by atoms with Crippen molar-refractivity contribution < 1.29 is 0 Å². The van der Waals surface area contributed by atoms with Crippen LogP contribution in [-0.4, -0.2) is 101 Å². The van der Waals surface area contributed by atoms with Gasteiger partial charge in [0.15, 0.2) is 0 Å². The van der Waals surface area contributed by atoms with E-state index in [-0.39, 0.29) is 0 Å². The van der Waals surface area contributed by atoms with Gasteiger partial charge in [0.25, 0.3) is 0 Å². The Kier molecular flexibility index (Phi) is 11.0. The molecule has 0 atom stereocenters. The average molecular weight is 591 g/mol. The van der Waals surface area contributed by atoms with Gasteiger partial charge in [-0.3, -0.25) is 0 Å². The molecule has 0 bridgehead atoms. The molecule has 43 heavy (non-hydrogen) atoms. The predicted octanol–water partition coefficient (Wildman–Crippen LogP) is 2.03. The third-order valence-corrected chi connectivity index (χ3v) is 5.80. The van der Waals surface area contributed by atoms with Crippen LogP contribution in [0.2, 0.25) is 0 Å². The van der Waals surface area contributed by atoms with Crippen molar-refractivity contribution in [3.63, 3.8) is 0 Å². The van der Waals surface area contributed by atoms with E-state index < -0.39 is 0 Å². The monoisotopic (exact) mass is 590 g/mol. The van der Waals surface area contributed by atoms with Crippen molar-refractivity contribution in [1.82, 2.24) is 59.8 Å². The molecular weight excluding hydrogens is 548 g/mol. The van der Waals surface area contributed by atoms with E-state index in [0.29, 0.717) is 72.7 Å². The fourth-order valence-corrected chi connectivity index (χ4v) is 4.05. The van der Waals surface area contributed by atoms with E-state index >= 15 is 0 Å². The minimum absolute atomic E-state index is 0.436. The fourth-order valence-electron chi connectivity index (χ4n) is 4.05. The first-order valence-electron chi connectivity index (χ1n) is 13.9. The standard InChI is InChI=1S/C20H30N12.C7H12N4/c1-9-31(19-26-14(4)22-15(5)27-19)11-32(20-28-16(6)23-17(7)29-20)10-30(8)18-24-12(2)21-13(3)25-18;1-5-8-6(2)10-7(9-5)11(3)4/h9-11H2,1-8H3;1-4H3. The van der Waals surface area contributed by atoms with Crippen molar-refractivity contribution in [2.24, 2.45) is 0 Å². The van der Waals surface area contributed by atoms with Gasteiger partial charge in [-0.25, -0.2) is 19.9 Å². The Morgan fingerprint density at radius 1 is 0.372 bits per heavy atom. The van der Waals surface area contributed by atoms with Crippen molar-refractivity contribution in [3.8, 4) is 0 Å². The van der Waals surface area contributed by atoms with E-state index in [4.69, 9.17) is 0 Å². The zero-order chi connectivity index (χ0) is 31.8. The van der Waals surface area contributed by atoms with Gasteiger partial charge >= 0.3 is 0 Å². The van der Waals surface area contributed by atoms with Crippen molar-refractivity contribution in [2.45, 2.75) is 62.3 Å². The summed E-state index contributed by atoms with van der Waals surface area (Å²) in [7, 11) is 5.75. The number of anilines is 4. The van der Waals surface area contributed by atoms with Gasteiger partial charge < -0.3 is 19.6 Å². The summed E-state index contributed by atoms with van der Waals surface area (Å²) >= 11 is 0. The molecule has 0 saturated carbocycles. The lowest BCUT2D eigenvalue weighted by Crippen LogP contribution is -2.45. The summed E-state index contributed by atoms with van der Waals surface area (Å²) in [6.45, 7) is 18.5. The summed E-state index contributed by atoms with van der Waals surface area (Å²) in [5, 5.41) is 0. The molecule has 16 heteroatoms. The Balaban J connectivity index is 0.000000386. The molecule has 0 aliphatic rings. The van der Waals surface area contributed by atoms with Gasteiger partial charge in [-0.05, 0) is 62.3 Å². The van der Waals surface area contributed by atoms with E-state index in [1.54, 1.807) is 0 Å². The van der Waals surface area contributed by atoms with Crippen LogP contribution in [0.1, 0.15) is 53.5 Å². The Hall–Kier alpha value is -4.76.